The first-order valence-electron chi connectivity index (χ1n) is 6.18. The standard InChI is InChI=1S/C14H20BrNO2/c1-9(17-4)14(2)8-12(16-3)11-6-5-10(15)7-13(11)18-14/h5-7,9,12,16H,8H2,1-4H3. The Bertz CT molecular complexity index is 438. The topological polar surface area (TPSA) is 30.5 Å². The summed E-state index contributed by atoms with van der Waals surface area (Å²) in [6.45, 7) is 4.16. The van der Waals surface area contributed by atoms with E-state index >= 15 is 0 Å². The van der Waals surface area contributed by atoms with Crippen molar-refractivity contribution in [3.05, 3.63) is 28.2 Å². The molecule has 1 aliphatic rings. The number of ether oxygens (including phenoxy) is 2. The summed E-state index contributed by atoms with van der Waals surface area (Å²) in [6, 6.07) is 6.48. The Morgan fingerprint density at radius 3 is 2.89 bits per heavy atom. The van der Waals surface area contributed by atoms with Crippen LogP contribution in [0.3, 0.4) is 0 Å². The largest absolute Gasteiger partial charge is 0.484 e. The van der Waals surface area contributed by atoms with Crippen LogP contribution in [-0.2, 0) is 4.74 Å². The smallest absolute Gasteiger partial charge is 0.134 e. The average molecular weight is 314 g/mol. The quantitative estimate of drug-likeness (QED) is 0.929. The van der Waals surface area contributed by atoms with Gasteiger partial charge in [0.05, 0.1) is 6.10 Å². The van der Waals surface area contributed by atoms with Gasteiger partial charge in [-0.15, -0.1) is 0 Å². The third-order valence-corrected chi connectivity index (χ3v) is 4.36. The minimum Gasteiger partial charge on any atom is -0.484 e. The van der Waals surface area contributed by atoms with E-state index in [2.05, 4.69) is 47.2 Å². The zero-order valence-corrected chi connectivity index (χ0v) is 12.9. The molecule has 3 nitrogen and oxygen atoms in total. The van der Waals surface area contributed by atoms with Crippen molar-refractivity contribution in [2.75, 3.05) is 14.2 Å². The van der Waals surface area contributed by atoms with E-state index < -0.39 is 0 Å². The molecule has 0 saturated heterocycles. The Morgan fingerprint density at radius 2 is 2.28 bits per heavy atom. The van der Waals surface area contributed by atoms with Gasteiger partial charge < -0.3 is 14.8 Å². The minimum atomic E-state index is -0.309. The van der Waals surface area contributed by atoms with E-state index in [1.807, 2.05) is 13.1 Å². The summed E-state index contributed by atoms with van der Waals surface area (Å²) in [7, 11) is 3.71. The van der Waals surface area contributed by atoms with E-state index in [4.69, 9.17) is 9.47 Å². The molecule has 0 amide bonds. The lowest BCUT2D eigenvalue weighted by atomic mass is 9.85. The van der Waals surface area contributed by atoms with E-state index in [-0.39, 0.29) is 11.7 Å². The Balaban J connectivity index is 2.40. The van der Waals surface area contributed by atoms with E-state index in [1.54, 1.807) is 7.11 Å². The molecule has 3 unspecified atom stereocenters. The van der Waals surface area contributed by atoms with Crippen molar-refractivity contribution in [3.8, 4) is 5.75 Å². The maximum atomic E-state index is 6.19. The molecule has 4 heteroatoms. The lowest BCUT2D eigenvalue weighted by Crippen LogP contribution is -2.49. The van der Waals surface area contributed by atoms with Gasteiger partial charge in [0.25, 0.3) is 0 Å². The van der Waals surface area contributed by atoms with Crippen LogP contribution in [0.4, 0.5) is 0 Å². The van der Waals surface area contributed by atoms with Crippen LogP contribution in [0.1, 0.15) is 31.9 Å². The summed E-state index contributed by atoms with van der Waals surface area (Å²) in [5.41, 5.74) is 0.900. The van der Waals surface area contributed by atoms with Crippen LogP contribution < -0.4 is 10.1 Å². The summed E-state index contributed by atoms with van der Waals surface area (Å²) in [5, 5.41) is 3.36. The fourth-order valence-corrected chi connectivity index (χ4v) is 2.79. The summed E-state index contributed by atoms with van der Waals surface area (Å²) < 4.78 is 12.7. The number of rotatable bonds is 3. The Hall–Kier alpha value is -0.580. The zero-order valence-electron chi connectivity index (χ0n) is 11.3. The molecule has 1 aliphatic heterocycles. The number of fused-ring (bicyclic) bond motifs is 1. The number of benzene rings is 1. The molecule has 0 radical (unpaired) electrons. The molecule has 1 aromatic rings. The van der Waals surface area contributed by atoms with Crippen LogP contribution in [0.25, 0.3) is 0 Å². The van der Waals surface area contributed by atoms with Gasteiger partial charge in [0, 0.05) is 29.6 Å². The first kappa shape index (κ1) is 13.8. The third-order valence-electron chi connectivity index (χ3n) is 3.87. The summed E-state index contributed by atoms with van der Waals surface area (Å²) >= 11 is 3.49. The van der Waals surface area contributed by atoms with Crippen molar-refractivity contribution < 1.29 is 9.47 Å². The van der Waals surface area contributed by atoms with Gasteiger partial charge in [0.2, 0.25) is 0 Å². The highest BCUT2D eigenvalue weighted by Crippen LogP contribution is 2.42. The number of hydrogen-bond acceptors (Lipinski definition) is 3. The summed E-state index contributed by atoms with van der Waals surface area (Å²) in [6.07, 6.45) is 0.938. The number of nitrogens with one attached hydrogen (secondary N) is 1. The summed E-state index contributed by atoms with van der Waals surface area (Å²) in [5.74, 6) is 0.932. The number of methoxy groups -OCH3 is 1. The van der Waals surface area contributed by atoms with Gasteiger partial charge in [-0.05, 0) is 33.0 Å². The van der Waals surface area contributed by atoms with Crippen LogP contribution in [-0.4, -0.2) is 25.9 Å². The van der Waals surface area contributed by atoms with Crippen LogP contribution in [0.5, 0.6) is 5.75 Å². The van der Waals surface area contributed by atoms with Crippen molar-refractivity contribution in [1.29, 1.82) is 0 Å². The molecule has 0 fully saturated rings. The lowest BCUT2D eigenvalue weighted by molar-refractivity contribution is -0.0727. The third kappa shape index (κ3) is 2.42. The van der Waals surface area contributed by atoms with Gasteiger partial charge in [-0.2, -0.15) is 0 Å². The molecule has 3 atom stereocenters. The molecule has 2 rings (SSSR count). The molecule has 0 saturated carbocycles. The average Bonchev–Trinajstić information content (AvgIpc) is 2.36. The molecule has 18 heavy (non-hydrogen) atoms. The summed E-state index contributed by atoms with van der Waals surface area (Å²) in [4.78, 5) is 0. The molecule has 0 spiro atoms. The predicted octanol–water partition coefficient (Wildman–Crippen LogP) is 3.29. The highest BCUT2D eigenvalue weighted by Gasteiger charge is 2.41. The maximum Gasteiger partial charge on any atom is 0.134 e. The first-order valence-corrected chi connectivity index (χ1v) is 6.98. The predicted molar refractivity (Wildman–Crippen MR) is 76.1 cm³/mol. The van der Waals surface area contributed by atoms with Gasteiger partial charge >= 0.3 is 0 Å². The monoisotopic (exact) mass is 313 g/mol. The maximum absolute atomic E-state index is 6.19. The van der Waals surface area contributed by atoms with Crippen LogP contribution >= 0.6 is 15.9 Å². The Kier molecular flexibility index (Phi) is 3.99. The molecular weight excluding hydrogens is 294 g/mol. The van der Waals surface area contributed by atoms with Gasteiger partial charge in [0.15, 0.2) is 0 Å². The van der Waals surface area contributed by atoms with Gasteiger partial charge in [-0.3, -0.25) is 0 Å². The van der Waals surface area contributed by atoms with Crippen molar-refractivity contribution in [2.45, 2.75) is 38.0 Å². The van der Waals surface area contributed by atoms with Crippen molar-refractivity contribution >= 4 is 15.9 Å². The van der Waals surface area contributed by atoms with E-state index in [0.717, 1.165) is 16.6 Å². The van der Waals surface area contributed by atoms with Crippen LogP contribution in [0.2, 0.25) is 0 Å². The van der Waals surface area contributed by atoms with Crippen LogP contribution in [0, 0.1) is 0 Å². The van der Waals surface area contributed by atoms with Crippen molar-refractivity contribution in [3.63, 3.8) is 0 Å². The van der Waals surface area contributed by atoms with Crippen molar-refractivity contribution in [2.24, 2.45) is 0 Å². The SMILES string of the molecule is CNC1CC(C)(C(C)OC)Oc2cc(Br)ccc21. The van der Waals surface area contributed by atoms with E-state index in [1.165, 1.54) is 5.56 Å². The Morgan fingerprint density at radius 1 is 1.56 bits per heavy atom. The Labute approximate surface area is 117 Å². The molecule has 1 aromatic carbocycles. The highest BCUT2D eigenvalue weighted by atomic mass is 79.9. The first-order chi connectivity index (χ1) is 8.50. The molecule has 1 N–H and O–H groups in total. The van der Waals surface area contributed by atoms with Gasteiger partial charge in [-0.25, -0.2) is 0 Å². The lowest BCUT2D eigenvalue weighted by Gasteiger charge is -2.42. The van der Waals surface area contributed by atoms with E-state index in [0.29, 0.717) is 6.04 Å². The highest BCUT2D eigenvalue weighted by molar-refractivity contribution is 9.10. The van der Waals surface area contributed by atoms with E-state index in [9.17, 15) is 0 Å². The molecule has 0 aromatic heterocycles. The molecule has 100 valence electrons. The fourth-order valence-electron chi connectivity index (χ4n) is 2.45. The molecule has 0 bridgehead atoms. The number of hydrogen-bond donors (Lipinski definition) is 1. The fraction of sp³-hybridized carbons (Fsp3) is 0.571. The normalized spacial score (nSPS) is 28.4. The van der Waals surface area contributed by atoms with Gasteiger partial charge in [0.1, 0.15) is 11.4 Å². The van der Waals surface area contributed by atoms with Gasteiger partial charge in [-0.1, -0.05) is 22.0 Å². The molecule has 1 heterocycles. The second-order valence-corrected chi connectivity index (χ2v) is 5.94. The molecule has 0 aliphatic carbocycles. The van der Waals surface area contributed by atoms with Crippen LogP contribution in [0.15, 0.2) is 22.7 Å². The number of halogens is 1. The second-order valence-electron chi connectivity index (χ2n) is 5.02. The zero-order chi connectivity index (χ0) is 13.3. The molecular formula is C14H20BrNO2. The minimum absolute atomic E-state index is 0.0421. The second kappa shape index (κ2) is 5.19. The van der Waals surface area contributed by atoms with Crippen molar-refractivity contribution in [1.82, 2.24) is 5.32 Å².